The average molecular weight is 581 g/mol. The van der Waals surface area contributed by atoms with E-state index in [1.165, 1.54) is 40.2 Å². The number of aromatic nitrogens is 5. The highest BCUT2D eigenvalue weighted by Crippen LogP contribution is 2.26. The number of nitrogens with one attached hydrogen (secondary N) is 1. The minimum Gasteiger partial charge on any atom is -0.750 e. The SMILES string of the molecule is COc1cc(C(=O)O)ccc1-n1nc(-c2ccc(C(=O)NCCOS(=O)[O-])cc2)n[n+]1-c1nc2ccccc2s1. The van der Waals surface area contributed by atoms with Crippen LogP contribution >= 0.6 is 11.3 Å². The highest BCUT2D eigenvalue weighted by atomic mass is 32.2. The molecular formula is C25H20N6O7S2. The second-order valence-electron chi connectivity index (χ2n) is 8.12. The zero-order chi connectivity index (χ0) is 28.2. The van der Waals surface area contributed by atoms with Gasteiger partial charge in [0.1, 0.15) is 5.75 Å². The number of carboxylic acids is 1. The summed E-state index contributed by atoms with van der Waals surface area (Å²) in [4.78, 5) is 31.5. The number of aromatic carboxylic acids is 1. The van der Waals surface area contributed by atoms with Crippen molar-refractivity contribution in [3.8, 4) is 28.0 Å². The Morgan fingerprint density at radius 2 is 1.88 bits per heavy atom. The normalized spacial score (nSPS) is 11.8. The highest BCUT2D eigenvalue weighted by molar-refractivity contribution is 7.74. The molecular weight excluding hydrogens is 560 g/mol. The number of hydrogen-bond acceptors (Lipinski definition) is 10. The number of carboxylic acid groups (broad SMARTS) is 1. The Kier molecular flexibility index (Phi) is 7.88. The number of para-hydroxylation sites is 1. The van der Waals surface area contributed by atoms with Gasteiger partial charge in [0.15, 0.2) is 11.2 Å². The smallest absolute Gasteiger partial charge is 0.365 e. The molecule has 1 amide bonds. The number of benzene rings is 3. The molecule has 2 N–H and O–H groups in total. The van der Waals surface area contributed by atoms with Gasteiger partial charge < -0.3 is 19.7 Å². The standard InChI is InChI=1S/C25H20N6O7S2/c1-37-20-14-17(24(33)34)10-11-19(20)30-28-22(29-31(30)25-27-18-4-2-3-5-21(18)39-25)15-6-8-16(9-7-15)23(32)26-12-13-38-40(35)36/h2-11,14H,12-13H2,1H3,(H2-,26,32,33,34,35,36). The number of fused-ring (bicyclic) bond motifs is 1. The molecule has 0 aliphatic rings. The van der Waals surface area contributed by atoms with E-state index < -0.39 is 23.2 Å². The number of tetrazole rings is 1. The first-order valence-electron chi connectivity index (χ1n) is 11.6. The fraction of sp³-hybridized carbons (Fsp3) is 0.120. The van der Waals surface area contributed by atoms with Crippen molar-refractivity contribution in [1.29, 1.82) is 0 Å². The summed E-state index contributed by atoms with van der Waals surface area (Å²) in [6.07, 6.45) is 0. The zero-order valence-corrected chi connectivity index (χ0v) is 22.3. The summed E-state index contributed by atoms with van der Waals surface area (Å²) in [6, 6.07) is 18.5. The Morgan fingerprint density at radius 3 is 2.58 bits per heavy atom. The van der Waals surface area contributed by atoms with Gasteiger partial charge in [-0.2, -0.15) is 0 Å². The van der Waals surface area contributed by atoms with Crippen molar-refractivity contribution in [2.24, 2.45) is 0 Å². The lowest BCUT2D eigenvalue weighted by atomic mass is 10.1. The lowest BCUT2D eigenvalue weighted by molar-refractivity contribution is -0.734. The molecule has 5 rings (SSSR count). The summed E-state index contributed by atoms with van der Waals surface area (Å²) in [5, 5.41) is 21.8. The Bertz CT molecular complexity index is 1700. The molecule has 3 aromatic carbocycles. The summed E-state index contributed by atoms with van der Waals surface area (Å²) in [5.41, 5.74) is 2.20. The van der Waals surface area contributed by atoms with Crippen LogP contribution in [0.4, 0.5) is 0 Å². The molecule has 0 saturated carbocycles. The number of carbonyl (C=O) groups excluding carboxylic acids is 1. The van der Waals surface area contributed by atoms with Crippen LogP contribution in [0, 0.1) is 0 Å². The fourth-order valence-corrected chi connectivity index (χ4v) is 4.87. The third kappa shape index (κ3) is 5.72. The minimum absolute atomic E-state index is 0.0190. The number of methoxy groups -OCH3 is 1. The van der Waals surface area contributed by atoms with Crippen LogP contribution in [-0.4, -0.2) is 66.0 Å². The van der Waals surface area contributed by atoms with Gasteiger partial charge >= 0.3 is 11.1 Å². The monoisotopic (exact) mass is 580 g/mol. The van der Waals surface area contributed by atoms with Gasteiger partial charge in [-0.1, -0.05) is 28.5 Å². The number of ether oxygens (including phenoxy) is 1. The van der Waals surface area contributed by atoms with Crippen LogP contribution in [0.2, 0.25) is 0 Å². The molecule has 1 unspecified atom stereocenters. The van der Waals surface area contributed by atoms with E-state index in [9.17, 15) is 23.5 Å². The summed E-state index contributed by atoms with van der Waals surface area (Å²) >= 11 is -1.25. The van der Waals surface area contributed by atoms with Crippen LogP contribution in [0.1, 0.15) is 20.7 Å². The molecule has 13 nitrogen and oxygen atoms in total. The summed E-state index contributed by atoms with van der Waals surface area (Å²) in [6.45, 7) is -0.158. The van der Waals surface area contributed by atoms with E-state index >= 15 is 0 Å². The Morgan fingerprint density at radius 1 is 1.12 bits per heavy atom. The summed E-state index contributed by atoms with van der Waals surface area (Å²) in [7, 11) is 1.43. The first kappa shape index (κ1) is 27.0. The molecule has 0 radical (unpaired) electrons. The predicted molar refractivity (Wildman–Crippen MR) is 142 cm³/mol. The average Bonchev–Trinajstić information content (AvgIpc) is 3.59. The molecule has 40 heavy (non-hydrogen) atoms. The van der Waals surface area contributed by atoms with Gasteiger partial charge in [-0.05, 0) is 69.3 Å². The molecule has 5 aromatic rings. The van der Waals surface area contributed by atoms with Gasteiger partial charge in [0.2, 0.25) is 0 Å². The van der Waals surface area contributed by atoms with Gasteiger partial charge in [0.05, 0.1) is 35.3 Å². The van der Waals surface area contributed by atoms with Crippen molar-refractivity contribution in [2.75, 3.05) is 20.3 Å². The van der Waals surface area contributed by atoms with Crippen molar-refractivity contribution >= 4 is 44.8 Å². The van der Waals surface area contributed by atoms with E-state index in [0.717, 1.165) is 10.2 Å². The van der Waals surface area contributed by atoms with E-state index in [4.69, 9.17) is 4.74 Å². The maximum Gasteiger partial charge on any atom is 0.365 e. The van der Waals surface area contributed by atoms with Gasteiger partial charge in [-0.3, -0.25) is 8.98 Å². The van der Waals surface area contributed by atoms with Gasteiger partial charge in [0.25, 0.3) is 11.7 Å². The van der Waals surface area contributed by atoms with Gasteiger partial charge in [-0.15, -0.1) is 0 Å². The number of thiazole rings is 1. The van der Waals surface area contributed by atoms with E-state index in [2.05, 4.69) is 24.7 Å². The Labute approximate surface area is 233 Å². The van der Waals surface area contributed by atoms with E-state index in [1.807, 2.05) is 24.3 Å². The van der Waals surface area contributed by atoms with Crippen LogP contribution in [0.5, 0.6) is 5.75 Å². The second-order valence-corrected chi connectivity index (χ2v) is 9.77. The maximum atomic E-state index is 12.4. The van der Waals surface area contributed by atoms with Crippen molar-refractivity contribution < 1.29 is 37.2 Å². The van der Waals surface area contributed by atoms with Crippen LogP contribution < -0.4 is 14.9 Å². The number of amides is 1. The zero-order valence-electron chi connectivity index (χ0n) is 20.7. The highest BCUT2D eigenvalue weighted by Gasteiger charge is 2.27. The van der Waals surface area contributed by atoms with Crippen LogP contribution in [0.3, 0.4) is 0 Å². The molecule has 2 aromatic heterocycles. The lowest BCUT2D eigenvalue weighted by Gasteiger charge is -2.07. The lowest BCUT2D eigenvalue weighted by Crippen LogP contribution is -2.43. The van der Waals surface area contributed by atoms with Crippen molar-refractivity contribution in [2.45, 2.75) is 0 Å². The number of nitrogens with zero attached hydrogens (tertiary/aromatic N) is 5. The first-order valence-corrected chi connectivity index (χ1v) is 13.4. The summed E-state index contributed by atoms with van der Waals surface area (Å²) < 4.78 is 31.7. The van der Waals surface area contributed by atoms with Gasteiger partial charge in [0, 0.05) is 22.8 Å². The Hall–Kier alpha value is -4.57. The van der Waals surface area contributed by atoms with Gasteiger partial charge in [-0.25, -0.2) is 9.00 Å². The third-order valence-electron chi connectivity index (χ3n) is 5.63. The van der Waals surface area contributed by atoms with Crippen molar-refractivity contribution in [3.63, 3.8) is 0 Å². The summed E-state index contributed by atoms with van der Waals surface area (Å²) in [5.74, 6) is -0.928. The molecule has 0 spiro atoms. The maximum absolute atomic E-state index is 12.4. The quantitative estimate of drug-likeness (QED) is 0.141. The third-order valence-corrected chi connectivity index (χ3v) is 6.99. The molecule has 0 bridgehead atoms. The number of rotatable bonds is 10. The first-order chi connectivity index (χ1) is 19.3. The van der Waals surface area contributed by atoms with Crippen LogP contribution in [0.15, 0.2) is 66.7 Å². The topological polar surface area (TPSA) is 172 Å². The molecule has 0 aliphatic carbocycles. The molecule has 15 heteroatoms. The molecule has 0 fully saturated rings. The minimum atomic E-state index is -2.64. The number of hydrogen-bond donors (Lipinski definition) is 2. The molecule has 2 heterocycles. The molecule has 0 aliphatic heterocycles. The molecule has 0 saturated heterocycles. The fourth-order valence-electron chi connectivity index (χ4n) is 3.75. The van der Waals surface area contributed by atoms with E-state index in [0.29, 0.717) is 27.8 Å². The van der Waals surface area contributed by atoms with Crippen LogP contribution in [-0.2, 0) is 15.5 Å². The molecule has 204 valence electrons. The van der Waals surface area contributed by atoms with Crippen molar-refractivity contribution in [3.05, 3.63) is 77.9 Å². The molecule has 1 atom stereocenters. The predicted octanol–water partition coefficient (Wildman–Crippen LogP) is 2.07. The van der Waals surface area contributed by atoms with E-state index in [-0.39, 0.29) is 24.5 Å². The van der Waals surface area contributed by atoms with Crippen molar-refractivity contribution in [1.82, 2.24) is 25.3 Å². The van der Waals surface area contributed by atoms with E-state index in [1.54, 1.807) is 30.3 Å². The second kappa shape index (κ2) is 11.7. The number of carbonyl (C=O) groups is 2. The largest absolute Gasteiger partial charge is 0.750 e. The Balaban J connectivity index is 1.52. The van der Waals surface area contributed by atoms with Crippen LogP contribution in [0.25, 0.3) is 32.4 Å².